The Balaban J connectivity index is 2.26. The van der Waals surface area contributed by atoms with E-state index in [9.17, 15) is 0 Å². The average molecular weight is 206 g/mol. The van der Waals surface area contributed by atoms with E-state index in [-0.39, 0.29) is 18.0 Å². The second-order valence-corrected chi connectivity index (χ2v) is 4.43. The second kappa shape index (κ2) is 3.95. The number of benzene rings is 1. The number of hydrogen-bond donors (Lipinski definition) is 0. The van der Waals surface area contributed by atoms with E-state index in [1.807, 2.05) is 13.0 Å². The fraction of sp³-hybridized carbons (Fsp3) is 0.538. The zero-order chi connectivity index (χ0) is 10.9. The van der Waals surface area contributed by atoms with Crippen molar-refractivity contribution >= 4 is 0 Å². The van der Waals surface area contributed by atoms with Crippen molar-refractivity contribution in [2.24, 2.45) is 0 Å². The van der Waals surface area contributed by atoms with Crippen LogP contribution in [0.4, 0.5) is 0 Å². The molecule has 0 amide bonds. The van der Waals surface area contributed by atoms with Crippen molar-refractivity contribution in [3.63, 3.8) is 0 Å². The molecule has 1 fully saturated rings. The minimum Gasteiger partial charge on any atom is -0.350 e. The zero-order valence-electron chi connectivity index (χ0n) is 9.57. The minimum absolute atomic E-state index is 0.126. The normalized spacial score (nSPS) is 36.5. The third-order valence-electron chi connectivity index (χ3n) is 2.91. The molecule has 1 aliphatic heterocycles. The van der Waals surface area contributed by atoms with Crippen molar-refractivity contribution < 1.29 is 9.47 Å². The third kappa shape index (κ3) is 2.21. The van der Waals surface area contributed by atoms with Crippen LogP contribution in [0.15, 0.2) is 30.3 Å². The van der Waals surface area contributed by atoms with Gasteiger partial charge >= 0.3 is 0 Å². The van der Waals surface area contributed by atoms with E-state index in [4.69, 9.17) is 9.47 Å². The van der Waals surface area contributed by atoms with Crippen molar-refractivity contribution in [1.29, 1.82) is 0 Å². The average Bonchev–Trinajstić information content (AvgIpc) is 2.17. The van der Waals surface area contributed by atoms with Crippen LogP contribution in [0.3, 0.4) is 0 Å². The Hall–Kier alpha value is -0.860. The van der Waals surface area contributed by atoms with Crippen molar-refractivity contribution in [3.8, 4) is 0 Å². The van der Waals surface area contributed by atoms with E-state index in [1.165, 1.54) is 5.56 Å². The summed E-state index contributed by atoms with van der Waals surface area (Å²) in [6.07, 6.45) is 1.03. The van der Waals surface area contributed by atoms with Crippen LogP contribution in [0.1, 0.15) is 32.8 Å². The predicted octanol–water partition coefficient (Wildman–Crippen LogP) is 3.07. The quantitative estimate of drug-likeness (QED) is 0.703. The summed E-state index contributed by atoms with van der Waals surface area (Å²) in [5, 5.41) is 0. The lowest BCUT2D eigenvalue weighted by Crippen LogP contribution is -2.41. The maximum atomic E-state index is 5.91. The molecule has 1 aromatic rings. The topological polar surface area (TPSA) is 18.5 Å². The van der Waals surface area contributed by atoms with Gasteiger partial charge in [0.05, 0.1) is 11.7 Å². The van der Waals surface area contributed by atoms with Gasteiger partial charge in [-0.3, -0.25) is 0 Å². The van der Waals surface area contributed by atoms with Crippen molar-refractivity contribution in [2.75, 3.05) is 0 Å². The van der Waals surface area contributed by atoms with Gasteiger partial charge in [-0.15, -0.1) is 0 Å². The molecule has 3 atom stereocenters. The Morgan fingerprint density at radius 2 is 1.87 bits per heavy atom. The molecule has 82 valence electrons. The summed E-state index contributed by atoms with van der Waals surface area (Å²) < 4.78 is 11.5. The van der Waals surface area contributed by atoms with Gasteiger partial charge in [-0.25, -0.2) is 0 Å². The first kappa shape index (κ1) is 10.7. The largest absolute Gasteiger partial charge is 0.350 e. The van der Waals surface area contributed by atoms with E-state index >= 15 is 0 Å². The number of ether oxygens (including phenoxy) is 2. The molecule has 2 unspecified atom stereocenters. The molecule has 1 saturated heterocycles. The van der Waals surface area contributed by atoms with Crippen LogP contribution in [0.2, 0.25) is 0 Å². The molecule has 0 aliphatic carbocycles. The molecule has 2 rings (SSSR count). The molecule has 2 heteroatoms. The molecule has 15 heavy (non-hydrogen) atoms. The van der Waals surface area contributed by atoms with Crippen LogP contribution < -0.4 is 0 Å². The molecule has 0 N–H and O–H groups in total. The smallest absolute Gasteiger partial charge is 0.156 e. The van der Waals surface area contributed by atoms with Gasteiger partial charge in [0.25, 0.3) is 0 Å². The van der Waals surface area contributed by atoms with E-state index in [2.05, 4.69) is 38.1 Å². The van der Waals surface area contributed by atoms with Crippen molar-refractivity contribution in [3.05, 3.63) is 35.9 Å². The molecule has 1 aliphatic rings. The molecule has 0 bridgehead atoms. The fourth-order valence-electron chi connectivity index (χ4n) is 2.34. The summed E-state index contributed by atoms with van der Waals surface area (Å²) in [5.41, 5.74) is 1.02. The maximum absolute atomic E-state index is 5.91. The molecular weight excluding hydrogens is 188 g/mol. The molecule has 2 nitrogen and oxygen atoms in total. The maximum Gasteiger partial charge on any atom is 0.156 e. The predicted molar refractivity (Wildman–Crippen MR) is 59.5 cm³/mol. The van der Waals surface area contributed by atoms with Crippen LogP contribution in [-0.2, 0) is 15.1 Å². The molecule has 0 aromatic heterocycles. The van der Waals surface area contributed by atoms with Gasteiger partial charge < -0.3 is 9.47 Å². The highest BCUT2D eigenvalue weighted by atomic mass is 16.7. The highest BCUT2D eigenvalue weighted by molar-refractivity contribution is 5.22. The lowest BCUT2D eigenvalue weighted by molar-refractivity contribution is -0.270. The molecular formula is C13H18O2. The highest BCUT2D eigenvalue weighted by Gasteiger charge is 2.36. The summed E-state index contributed by atoms with van der Waals surface area (Å²) in [4.78, 5) is 0. The van der Waals surface area contributed by atoms with Crippen LogP contribution in [-0.4, -0.2) is 12.4 Å². The molecule has 1 aromatic carbocycles. The first-order valence-corrected chi connectivity index (χ1v) is 5.49. The monoisotopic (exact) mass is 206 g/mol. The number of hydrogen-bond acceptors (Lipinski definition) is 2. The second-order valence-electron chi connectivity index (χ2n) is 4.43. The van der Waals surface area contributed by atoms with E-state index < -0.39 is 0 Å². The van der Waals surface area contributed by atoms with E-state index in [0.29, 0.717) is 0 Å². The zero-order valence-corrected chi connectivity index (χ0v) is 9.57. The van der Waals surface area contributed by atoms with Crippen LogP contribution >= 0.6 is 0 Å². The fourth-order valence-corrected chi connectivity index (χ4v) is 2.34. The van der Waals surface area contributed by atoms with Gasteiger partial charge in [0.15, 0.2) is 6.29 Å². The van der Waals surface area contributed by atoms with Gasteiger partial charge in [0.1, 0.15) is 0 Å². The Kier molecular flexibility index (Phi) is 2.81. The van der Waals surface area contributed by atoms with Gasteiger partial charge in [-0.05, 0) is 26.3 Å². The summed E-state index contributed by atoms with van der Waals surface area (Å²) in [6.45, 7) is 6.19. The molecule has 1 heterocycles. The number of rotatable bonds is 1. The molecule has 0 radical (unpaired) electrons. The Morgan fingerprint density at radius 3 is 2.47 bits per heavy atom. The Labute approximate surface area is 91.2 Å². The van der Waals surface area contributed by atoms with Gasteiger partial charge in [-0.1, -0.05) is 30.3 Å². The highest BCUT2D eigenvalue weighted by Crippen LogP contribution is 2.36. The van der Waals surface area contributed by atoms with Gasteiger partial charge in [-0.2, -0.15) is 0 Å². The Morgan fingerprint density at radius 1 is 1.20 bits per heavy atom. The van der Waals surface area contributed by atoms with Gasteiger partial charge in [0, 0.05) is 6.42 Å². The van der Waals surface area contributed by atoms with E-state index in [0.717, 1.165) is 6.42 Å². The first-order valence-electron chi connectivity index (χ1n) is 5.49. The van der Waals surface area contributed by atoms with Crippen LogP contribution in [0.5, 0.6) is 0 Å². The third-order valence-corrected chi connectivity index (χ3v) is 2.91. The lowest BCUT2D eigenvalue weighted by Gasteiger charge is -2.41. The SMILES string of the molecule is CC1O[C@@H](C)CC(C)(c2ccccc2)O1. The summed E-state index contributed by atoms with van der Waals surface area (Å²) in [6, 6.07) is 10.4. The Bertz CT molecular complexity index is 311. The van der Waals surface area contributed by atoms with Gasteiger partial charge in [0.2, 0.25) is 0 Å². The molecule has 0 saturated carbocycles. The van der Waals surface area contributed by atoms with Crippen LogP contribution in [0, 0.1) is 0 Å². The lowest BCUT2D eigenvalue weighted by atomic mass is 9.89. The summed E-state index contributed by atoms with van der Waals surface area (Å²) in [5.74, 6) is 0. The van der Waals surface area contributed by atoms with Crippen molar-refractivity contribution in [1.82, 2.24) is 0 Å². The van der Waals surface area contributed by atoms with Crippen LogP contribution in [0.25, 0.3) is 0 Å². The van der Waals surface area contributed by atoms with Crippen molar-refractivity contribution in [2.45, 2.75) is 45.2 Å². The minimum atomic E-state index is -0.210. The summed E-state index contributed by atoms with van der Waals surface area (Å²) in [7, 11) is 0. The summed E-state index contributed by atoms with van der Waals surface area (Å²) >= 11 is 0. The molecule has 0 spiro atoms. The standard InChI is InChI=1S/C13H18O2/c1-10-9-13(3,15-11(2)14-10)12-7-5-4-6-8-12/h4-8,10-11H,9H2,1-3H3/t10-,11?,13?/m0/s1. The van der Waals surface area contributed by atoms with E-state index in [1.54, 1.807) is 0 Å². The first-order chi connectivity index (χ1) is 7.10.